The van der Waals surface area contributed by atoms with Gasteiger partial charge >= 0.3 is 0 Å². The number of benzene rings is 2. The van der Waals surface area contributed by atoms with Crippen LogP contribution in [-0.4, -0.2) is 70.6 Å². The highest BCUT2D eigenvalue weighted by Crippen LogP contribution is 2.21. The van der Waals surface area contributed by atoms with Crippen molar-refractivity contribution >= 4 is 34.8 Å². The number of azo groups is 1. The van der Waals surface area contributed by atoms with E-state index in [1.54, 1.807) is 12.1 Å². The summed E-state index contributed by atoms with van der Waals surface area (Å²) in [6.07, 6.45) is 10.1. The maximum absolute atomic E-state index is 12.5. The molecule has 0 bridgehead atoms. The molecule has 0 saturated heterocycles. The fraction of sp³-hybridized carbons (Fsp3) is 0.545. The van der Waals surface area contributed by atoms with Crippen molar-refractivity contribution in [2.45, 2.75) is 70.3 Å². The van der Waals surface area contributed by atoms with Crippen molar-refractivity contribution in [3.63, 3.8) is 0 Å². The number of nitrogens with two attached hydrogens (primary N) is 3. The van der Waals surface area contributed by atoms with Gasteiger partial charge in [-0.05, 0) is 93.7 Å². The lowest BCUT2D eigenvalue weighted by molar-refractivity contribution is -0.122. The number of nitrogens with zero attached hydrogens (tertiary/aromatic N) is 4. The number of anilines is 1. The van der Waals surface area contributed by atoms with Gasteiger partial charge in [0.2, 0.25) is 5.91 Å². The predicted octanol–water partition coefficient (Wildman–Crippen LogP) is 4.11. The Morgan fingerprint density at radius 1 is 0.711 bits per heavy atom. The Balaban J connectivity index is 1.41. The molecule has 0 aliphatic rings. The zero-order valence-corrected chi connectivity index (χ0v) is 27.1. The highest BCUT2D eigenvalue weighted by Gasteiger charge is 2.12. The minimum atomic E-state index is -0.531. The molecule has 0 unspecified atom stereocenters. The lowest BCUT2D eigenvalue weighted by Crippen LogP contribution is -2.41. The zero-order valence-electron chi connectivity index (χ0n) is 27.1. The van der Waals surface area contributed by atoms with Crippen LogP contribution >= 0.6 is 0 Å². The molecule has 12 heteroatoms. The van der Waals surface area contributed by atoms with Crippen molar-refractivity contribution < 1.29 is 9.59 Å². The average molecular weight is 623 g/mol. The van der Waals surface area contributed by atoms with Gasteiger partial charge in [0.05, 0.1) is 17.4 Å². The Morgan fingerprint density at radius 3 is 1.84 bits per heavy atom. The molecule has 0 fully saturated rings. The maximum Gasteiger partial charge on any atom is 0.251 e. The topological polar surface area (TPSA) is 189 Å². The summed E-state index contributed by atoms with van der Waals surface area (Å²) in [5.74, 6) is -0.139. The number of hydrogen-bond donors (Lipinski definition) is 6. The number of carbonyl (C=O) groups is 2. The molecule has 12 nitrogen and oxygen atoms in total. The van der Waals surface area contributed by atoms with E-state index in [4.69, 9.17) is 17.2 Å². The largest absolute Gasteiger partial charge is 0.378 e. The lowest BCUT2D eigenvalue weighted by Gasteiger charge is -2.12. The highest BCUT2D eigenvalue weighted by atomic mass is 16.2. The van der Waals surface area contributed by atoms with Gasteiger partial charge in [-0.15, -0.1) is 0 Å². The smallest absolute Gasteiger partial charge is 0.251 e. The molecule has 9 N–H and O–H groups in total. The van der Waals surface area contributed by atoms with E-state index in [0.29, 0.717) is 43.7 Å². The molecule has 2 aromatic rings. The van der Waals surface area contributed by atoms with E-state index >= 15 is 0 Å². The average Bonchev–Trinajstić information content (AvgIpc) is 3.03. The van der Waals surface area contributed by atoms with Crippen molar-refractivity contribution in [1.82, 2.24) is 16.0 Å². The second-order valence-electron chi connectivity index (χ2n) is 11.3. The molecule has 0 aliphatic heterocycles. The van der Waals surface area contributed by atoms with Gasteiger partial charge in [0.15, 0.2) is 5.96 Å². The molecule has 248 valence electrons. The highest BCUT2D eigenvalue weighted by molar-refractivity contribution is 5.94. The van der Waals surface area contributed by atoms with E-state index in [-0.39, 0.29) is 17.8 Å². The van der Waals surface area contributed by atoms with Crippen LogP contribution in [0.1, 0.15) is 74.6 Å². The van der Waals surface area contributed by atoms with Gasteiger partial charge in [0.1, 0.15) is 0 Å². The molecule has 0 aliphatic carbocycles. The number of unbranched alkanes of at least 4 members (excludes halogenated alkanes) is 6. The zero-order chi connectivity index (χ0) is 32.7. The summed E-state index contributed by atoms with van der Waals surface area (Å²) >= 11 is 0. The second-order valence-corrected chi connectivity index (χ2v) is 11.3. The minimum absolute atomic E-state index is 0.0539. The van der Waals surface area contributed by atoms with Crippen LogP contribution in [0.2, 0.25) is 0 Å². The maximum atomic E-state index is 12.5. The molecule has 2 aromatic carbocycles. The summed E-state index contributed by atoms with van der Waals surface area (Å²) in [6.45, 7) is 3.63. The summed E-state index contributed by atoms with van der Waals surface area (Å²) in [5, 5.41) is 17.9. The lowest BCUT2D eigenvalue weighted by atomic mass is 10.1. The summed E-state index contributed by atoms with van der Waals surface area (Å²) in [5.41, 5.74) is 19.7. The van der Waals surface area contributed by atoms with Gasteiger partial charge in [-0.25, -0.2) is 0 Å². The van der Waals surface area contributed by atoms with Crippen LogP contribution in [0.15, 0.2) is 63.8 Å². The van der Waals surface area contributed by atoms with Crippen LogP contribution in [0.5, 0.6) is 0 Å². The van der Waals surface area contributed by atoms with Gasteiger partial charge in [-0.3, -0.25) is 14.6 Å². The van der Waals surface area contributed by atoms with Gasteiger partial charge in [-0.2, -0.15) is 10.2 Å². The number of aliphatic imine (C=N–C) groups is 1. The van der Waals surface area contributed by atoms with E-state index in [9.17, 15) is 9.59 Å². The molecule has 0 saturated carbocycles. The van der Waals surface area contributed by atoms with Crippen molar-refractivity contribution in [3.05, 3.63) is 54.1 Å². The third-order valence-corrected chi connectivity index (χ3v) is 7.23. The standard InChI is InChI=1S/C33H54N10O2/c1-43(2)29-19-17-28(18-20-29)42-41-27-15-13-26(14-16-27)31(44)38-23-9-7-5-3-4-6-8-21-37-22-11-25-39-32(45)30(34)12-10-24-40-33(35)36/h13-20,30,37H,3-12,21-25,34H2,1-2H3,(H,38,44)(H,39,45)(H4,35,36,40)/t30-/m0/s1. The molecule has 45 heavy (non-hydrogen) atoms. The van der Waals surface area contributed by atoms with E-state index in [1.807, 2.05) is 55.4 Å². The summed E-state index contributed by atoms with van der Waals surface area (Å²) < 4.78 is 0. The first-order chi connectivity index (χ1) is 21.8. The van der Waals surface area contributed by atoms with E-state index in [1.165, 1.54) is 25.7 Å². The van der Waals surface area contributed by atoms with Gasteiger partial charge in [-0.1, -0.05) is 32.1 Å². The molecular formula is C33H54N10O2. The van der Waals surface area contributed by atoms with Gasteiger partial charge < -0.3 is 38.1 Å². The van der Waals surface area contributed by atoms with Crippen LogP contribution < -0.4 is 38.1 Å². The van der Waals surface area contributed by atoms with Crippen molar-refractivity contribution in [2.24, 2.45) is 32.4 Å². The Hall–Kier alpha value is -4.03. The van der Waals surface area contributed by atoms with Crippen LogP contribution in [0.25, 0.3) is 0 Å². The first-order valence-corrected chi connectivity index (χ1v) is 16.1. The number of amides is 2. The monoisotopic (exact) mass is 622 g/mol. The van der Waals surface area contributed by atoms with Crippen molar-refractivity contribution in [3.8, 4) is 0 Å². The molecule has 0 heterocycles. The SMILES string of the molecule is CN(C)c1ccc(N=Nc2ccc(C(=O)NCCCCCCCCCNCCCNC(=O)[C@@H](N)CCCN=C(N)N)cc2)cc1. The quantitative estimate of drug-likeness (QED) is 0.0465. The van der Waals surface area contributed by atoms with E-state index in [2.05, 4.69) is 31.2 Å². The minimum Gasteiger partial charge on any atom is -0.378 e. The summed E-state index contributed by atoms with van der Waals surface area (Å²) in [6, 6.07) is 14.5. The third kappa shape index (κ3) is 17.1. The van der Waals surface area contributed by atoms with Gasteiger partial charge in [0, 0.05) is 45.0 Å². The Labute approximate surface area is 268 Å². The number of rotatable bonds is 23. The normalized spacial score (nSPS) is 11.7. The molecule has 0 radical (unpaired) electrons. The van der Waals surface area contributed by atoms with E-state index < -0.39 is 6.04 Å². The molecular weight excluding hydrogens is 568 g/mol. The Bertz CT molecular complexity index is 1160. The molecule has 2 rings (SSSR count). The molecule has 0 aromatic heterocycles. The van der Waals surface area contributed by atoms with Crippen LogP contribution in [0.3, 0.4) is 0 Å². The molecule has 2 amide bonds. The molecule has 1 atom stereocenters. The van der Waals surface area contributed by atoms with Crippen LogP contribution in [0.4, 0.5) is 17.1 Å². The predicted molar refractivity (Wildman–Crippen MR) is 184 cm³/mol. The van der Waals surface area contributed by atoms with Crippen molar-refractivity contribution in [2.75, 3.05) is 51.7 Å². The van der Waals surface area contributed by atoms with E-state index in [0.717, 1.165) is 50.1 Å². The number of guanidine groups is 1. The van der Waals surface area contributed by atoms with Gasteiger partial charge in [0.25, 0.3) is 5.91 Å². The third-order valence-electron chi connectivity index (χ3n) is 7.23. The number of carbonyl (C=O) groups excluding carboxylic acids is 2. The number of hydrogen-bond acceptors (Lipinski definition) is 8. The first-order valence-electron chi connectivity index (χ1n) is 16.1. The van der Waals surface area contributed by atoms with Crippen LogP contribution in [0, 0.1) is 0 Å². The molecule has 0 spiro atoms. The Morgan fingerprint density at radius 2 is 1.24 bits per heavy atom. The summed E-state index contributed by atoms with van der Waals surface area (Å²) in [7, 11) is 3.99. The summed E-state index contributed by atoms with van der Waals surface area (Å²) in [4.78, 5) is 30.4. The fourth-order valence-corrected chi connectivity index (χ4v) is 4.51. The Kier molecular flexibility index (Phi) is 18.6. The number of nitrogens with one attached hydrogen (secondary N) is 3. The fourth-order valence-electron chi connectivity index (χ4n) is 4.51. The van der Waals surface area contributed by atoms with Crippen molar-refractivity contribution in [1.29, 1.82) is 0 Å². The van der Waals surface area contributed by atoms with Crippen LogP contribution in [-0.2, 0) is 4.79 Å². The second kappa shape index (κ2) is 22.5. The first kappa shape index (κ1) is 37.2.